The Morgan fingerprint density at radius 2 is 0.967 bits per heavy atom. The molecule has 5 atom stereocenters. The molecule has 11 nitrogen and oxygen atoms in total. The molecule has 20 heteroatoms. The van der Waals surface area contributed by atoms with Gasteiger partial charge in [-0.3, -0.25) is 0 Å². The van der Waals surface area contributed by atoms with Crippen molar-refractivity contribution in [2.45, 2.75) is 54.3 Å². The molecule has 326 valence electrons. The molecule has 4 aromatic carbocycles. The van der Waals surface area contributed by atoms with Gasteiger partial charge in [-0.25, -0.2) is 19.2 Å². The lowest BCUT2D eigenvalue weighted by molar-refractivity contribution is -0.278. The molecule has 1 heterocycles. The van der Waals surface area contributed by atoms with Crippen LogP contribution in [0.3, 0.4) is 0 Å². The average molecular weight is 873 g/mol. The fraction of sp³-hybridized carbons (Fsp3) is 0.317. The molecule has 5 rings (SSSR count). The zero-order valence-electron chi connectivity index (χ0n) is 32.1. The van der Waals surface area contributed by atoms with Crippen molar-refractivity contribution in [1.29, 1.82) is 0 Å². The maximum Gasteiger partial charge on any atom is 0.432 e. The Bertz CT molecular complexity index is 2230. The van der Waals surface area contributed by atoms with E-state index in [1.807, 2.05) is 0 Å². The molecule has 4 aromatic rings. The van der Waals surface area contributed by atoms with Gasteiger partial charge in [0.15, 0.2) is 0 Å². The van der Waals surface area contributed by atoms with Crippen molar-refractivity contribution in [3.63, 3.8) is 0 Å². The lowest BCUT2D eigenvalue weighted by atomic mass is 9.87. The summed E-state index contributed by atoms with van der Waals surface area (Å²) in [5, 5.41) is 0. The van der Waals surface area contributed by atoms with Crippen molar-refractivity contribution in [3.05, 3.63) is 131 Å². The highest BCUT2D eigenvalue weighted by atomic mass is 19.4. The third-order valence-electron chi connectivity index (χ3n) is 9.90. The number of rotatable bonds is 13. The molecule has 0 aliphatic carbocycles. The Kier molecular flexibility index (Phi) is 13.0. The first-order chi connectivity index (χ1) is 28.6. The van der Waals surface area contributed by atoms with E-state index < -0.39 is 117 Å². The van der Waals surface area contributed by atoms with Crippen molar-refractivity contribution >= 4 is 23.9 Å². The van der Waals surface area contributed by atoms with Gasteiger partial charge in [0.25, 0.3) is 16.8 Å². The topological polar surface area (TPSA) is 133 Å². The number of halogens is 9. The zero-order chi connectivity index (χ0) is 45.2. The van der Waals surface area contributed by atoms with E-state index in [4.69, 9.17) is 33.2 Å². The number of fused-ring (bicyclic) bond motifs is 1. The van der Waals surface area contributed by atoms with E-state index in [1.54, 1.807) is 0 Å². The first kappa shape index (κ1) is 46.1. The van der Waals surface area contributed by atoms with Gasteiger partial charge in [0, 0.05) is 44.1 Å². The van der Waals surface area contributed by atoms with Gasteiger partial charge in [-0.2, -0.15) is 39.5 Å². The Morgan fingerprint density at radius 1 is 0.590 bits per heavy atom. The lowest BCUT2D eigenvalue weighted by Gasteiger charge is -2.36. The fourth-order valence-corrected chi connectivity index (χ4v) is 6.82. The van der Waals surface area contributed by atoms with Gasteiger partial charge in [0.05, 0.1) is 5.92 Å². The fourth-order valence-electron chi connectivity index (χ4n) is 6.82. The molecule has 0 N–H and O–H groups in total. The number of methoxy groups -OCH3 is 3. The minimum Gasteiger partial charge on any atom is -0.461 e. The predicted molar refractivity (Wildman–Crippen MR) is 190 cm³/mol. The summed E-state index contributed by atoms with van der Waals surface area (Å²) in [5.74, 6) is -11.8. The van der Waals surface area contributed by atoms with Crippen LogP contribution in [0.4, 0.5) is 39.5 Å². The van der Waals surface area contributed by atoms with Crippen molar-refractivity contribution in [1.82, 2.24) is 0 Å². The van der Waals surface area contributed by atoms with E-state index in [-0.39, 0.29) is 0 Å². The van der Waals surface area contributed by atoms with Crippen LogP contribution in [0.25, 0.3) is 0 Å². The minimum absolute atomic E-state index is 0.424. The predicted octanol–water partition coefficient (Wildman–Crippen LogP) is 8.00. The van der Waals surface area contributed by atoms with Crippen molar-refractivity contribution in [2.24, 2.45) is 0 Å². The van der Waals surface area contributed by atoms with Gasteiger partial charge in [0.1, 0.15) is 29.8 Å². The normalized spacial score (nSPS) is 17.9. The summed E-state index contributed by atoms with van der Waals surface area (Å²) in [4.78, 5) is 54.5. The van der Waals surface area contributed by atoms with Crippen LogP contribution in [0.2, 0.25) is 0 Å². The Balaban J connectivity index is 1.69. The van der Waals surface area contributed by atoms with Gasteiger partial charge in [0.2, 0.25) is 0 Å². The van der Waals surface area contributed by atoms with E-state index >= 15 is 0 Å². The largest absolute Gasteiger partial charge is 0.461 e. The number of cyclic esters (lactones) is 1. The lowest BCUT2D eigenvalue weighted by Crippen LogP contribution is -2.53. The standard InChI is InChI=1S/C41H33F9O11/c1-23(59-33(52)36(55-2,39(42,43)44)24-14-8-5-9-15-24)29-22-58-32(51)31-28(29)20-27(60-34(53)37(56-3,40(45,46)47)25-16-10-6-11-17-25)21-30(31)61-35(54)38(57-4,41(48,49)50)26-18-12-7-13-19-26/h5-21,23,29H,22H2,1-4H3/t23-,29+,36+,37+,38+/m0/s1. The van der Waals surface area contributed by atoms with Crippen LogP contribution in [-0.4, -0.2) is 76.4 Å². The second-order valence-electron chi connectivity index (χ2n) is 13.2. The van der Waals surface area contributed by atoms with E-state index in [9.17, 15) is 58.7 Å². The molecule has 0 amide bonds. The van der Waals surface area contributed by atoms with E-state index in [2.05, 4.69) is 0 Å². The number of carbonyl (C=O) groups excluding carboxylic acids is 4. The molecule has 1 aliphatic rings. The van der Waals surface area contributed by atoms with Crippen molar-refractivity contribution in [3.8, 4) is 11.5 Å². The monoisotopic (exact) mass is 872 g/mol. The highest BCUT2D eigenvalue weighted by molar-refractivity contribution is 5.98. The third kappa shape index (κ3) is 8.02. The van der Waals surface area contributed by atoms with Crippen LogP contribution in [0, 0.1) is 0 Å². The molecule has 0 saturated carbocycles. The summed E-state index contributed by atoms with van der Waals surface area (Å²) in [6.07, 6.45) is -18.4. The smallest absolute Gasteiger partial charge is 0.432 e. The Labute approximate surface area is 340 Å². The molecule has 0 aromatic heterocycles. The molecule has 0 saturated heterocycles. The average Bonchev–Trinajstić information content (AvgIpc) is 3.19. The van der Waals surface area contributed by atoms with Crippen LogP contribution in [0.5, 0.6) is 11.5 Å². The summed E-state index contributed by atoms with van der Waals surface area (Å²) in [7, 11) is 1.63. The minimum atomic E-state index is -5.60. The van der Waals surface area contributed by atoms with E-state index in [0.717, 1.165) is 67.6 Å². The van der Waals surface area contributed by atoms with Gasteiger partial charge in [-0.1, -0.05) is 91.0 Å². The van der Waals surface area contributed by atoms with Crippen LogP contribution >= 0.6 is 0 Å². The number of carbonyl (C=O) groups is 4. The van der Waals surface area contributed by atoms with Gasteiger partial charge < -0.3 is 33.2 Å². The third-order valence-corrected chi connectivity index (χ3v) is 9.90. The van der Waals surface area contributed by atoms with Gasteiger partial charge >= 0.3 is 42.4 Å². The van der Waals surface area contributed by atoms with E-state index in [0.29, 0.717) is 33.5 Å². The number of ether oxygens (including phenoxy) is 7. The first-order valence-corrected chi connectivity index (χ1v) is 17.6. The zero-order valence-corrected chi connectivity index (χ0v) is 32.1. The van der Waals surface area contributed by atoms with Crippen molar-refractivity contribution in [2.75, 3.05) is 27.9 Å². The second kappa shape index (κ2) is 17.2. The van der Waals surface area contributed by atoms with Crippen LogP contribution < -0.4 is 9.47 Å². The maximum absolute atomic E-state index is 14.9. The summed E-state index contributed by atoms with van der Waals surface area (Å²) in [6, 6.07) is 17.3. The number of hydrogen-bond donors (Lipinski definition) is 0. The summed E-state index contributed by atoms with van der Waals surface area (Å²) in [5.41, 5.74) is -15.4. The molecule has 0 unspecified atom stereocenters. The molecule has 0 radical (unpaired) electrons. The van der Waals surface area contributed by atoms with Crippen LogP contribution in [0.1, 0.15) is 45.5 Å². The van der Waals surface area contributed by atoms with Crippen LogP contribution in [-0.2, 0) is 54.9 Å². The SMILES string of the molecule is CO[C@@](C(=O)Oc1cc(OC(=O)[C@](OC)(c2ccccc2)C(F)(F)F)c2c(c1)[C@@H]([C@H](C)OC(=O)[C@](OC)(c1ccccc1)C(F)(F)F)COC2=O)(c1ccccc1)C(F)(F)F. The van der Waals surface area contributed by atoms with Gasteiger partial charge in [-0.05, 0) is 18.6 Å². The summed E-state index contributed by atoms with van der Waals surface area (Å²) in [6.45, 7) is 0.160. The molecule has 1 aliphatic heterocycles. The highest BCUT2D eigenvalue weighted by Gasteiger charge is 2.66. The number of alkyl halides is 9. The molecule has 0 fully saturated rings. The Hall–Kier alpha value is -5.99. The highest BCUT2D eigenvalue weighted by Crippen LogP contribution is 2.48. The molecular weight excluding hydrogens is 839 g/mol. The van der Waals surface area contributed by atoms with Crippen molar-refractivity contribution < 1.29 is 91.8 Å². The second-order valence-corrected chi connectivity index (χ2v) is 13.2. The summed E-state index contributed by atoms with van der Waals surface area (Å²) >= 11 is 0. The first-order valence-electron chi connectivity index (χ1n) is 17.6. The number of esters is 4. The molecule has 0 bridgehead atoms. The molecular formula is C41H33F9O11. The van der Waals surface area contributed by atoms with Gasteiger partial charge in [-0.15, -0.1) is 0 Å². The molecule has 61 heavy (non-hydrogen) atoms. The maximum atomic E-state index is 14.9. The van der Waals surface area contributed by atoms with E-state index in [1.165, 1.54) is 30.3 Å². The molecule has 0 spiro atoms. The summed E-state index contributed by atoms with van der Waals surface area (Å²) < 4.78 is 168. The van der Waals surface area contributed by atoms with Crippen LogP contribution in [0.15, 0.2) is 103 Å². The Morgan fingerprint density at radius 3 is 1.34 bits per heavy atom. The number of hydrogen-bond acceptors (Lipinski definition) is 11. The quantitative estimate of drug-likeness (QED) is 0.0736. The number of benzene rings is 4.